The molecule has 1 heterocycles. The topological polar surface area (TPSA) is 94.5 Å². The second-order valence-corrected chi connectivity index (χ2v) is 6.12. The molecular formula is C21H19FN2O4. The molecule has 2 aromatic carbocycles. The quantitative estimate of drug-likeness (QED) is 0.485. The van der Waals surface area contributed by atoms with Crippen LogP contribution in [0.1, 0.15) is 11.1 Å². The van der Waals surface area contributed by atoms with Crippen LogP contribution < -0.4 is 10.5 Å². The largest absolute Gasteiger partial charge is 0.497 e. The molecule has 3 aromatic rings. The second-order valence-electron chi connectivity index (χ2n) is 6.12. The van der Waals surface area contributed by atoms with Crippen LogP contribution in [0.2, 0.25) is 0 Å². The van der Waals surface area contributed by atoms with Gasteiger partial charge in [0.05, 0.1) is 19.3 Å². The standard InChI is InChI=1S/C21H19FN2O4/c1-28-15-4-2-3-13(9-15)18(12-26)20(21(23)27)17-11-24(7-8-25)19-6-5-14(22)10-16(17)19/h2-6,9-12,25H,7-8H2,1H3,(H2,23,27)/b20-18+. The highest BCUT2D eigenvalue weighted by atomic mass is 19.1. The number of fused-ring (bicyclic) bond motifs is 1. The molecule has 144 valence electrons. The van der Waals surface area contributed by atoms with Crippen molar-refractivity contribution >= 4 is 34.2 Å². The van der Waals surface area contributed by atoms with Crippen LogP contribution in [0.4, 0.5) is 4.39 Å². The number of aldehydes is 1. The molecule has 3 rings (SSSR count). The fourth-order valence-electron chi connectivity index (χ4n) is 3.23. The zero-order chi connectivity index (χ0) is 20.3. The van der Waals surface area contributed by atoms with Gasteiger partial charge in [0, 0.05) is 34.8 Å². The number of nitrogens with two attached hydrogens (primary N) is 1. The number of benzene rings is 2. The molecule has 0 fully saturated rings. The van der Waals surface area contributed by atoms with E-state index in [1.165, 1.54) is 19.2 Å². The minimum Gasteiger partial charge on any atom is -0.497 e. The van der Waals surface area contributed by atoms with E-state index in [-0.39, 0.29) is 24.3 Å². The Bertz CT molecular complexity index is 1090. The normalized spacial score (nSPS) is 12.0. The number of carbonyl (C=O) groups excluding carboxylic acids is 2. The van der Waals surface area contributed by atoms with Crippen LogP contribution in [0.5, 0.6) is 5.75 Å². The Hall–Kier alpha value is -3.45. The predicted molar refractivity (Wildman–Crippen MR) is 104 cm³/mol. The molecule has 7 heteroatoms. The SMILES string of the molecule is COc1cccc(/C(C=O)=C(/C(N)=O)c2cn(CCO)c3ccc(F)cc23)c1. The first-order valence-electron chi connectivity index (χ1n) is 8.53. The Kier molecular flexibility index (Phi) is 5.56. The minimum atomic E-state index is -0.822. The van der Waals surface area contributed by atoms with E-state index >= 15 is 0 Å². The number of methoxy groups -OCH3 is 1. The predicted octanol–water partition coefficient (Wildman–Crippen LogP) is 2.38. The van der Waals surface area contributed by atoms with Crippen molar-refractivity contribution in [2.75, 3.05) is 13.7 Å². The first-order chi connectivity index (χ1) is 13.5. The van der Waals surface area contributed by atoms with Crippen LogP contribution in [0.3, 0.4) is 0 Å². The van der Waals surface area contributed by atoms with Crippen molar-refractivity contribution in [1.29, 1.82) is 0 Å². The lowest BCUT2D eigenvalue weighted by molar-refractivity contribution is -0.113. The van der Waals surface area contributed by atoms with E-state index < -0.39 is 11.7 Å². The zero-order valence-electron chi connectivity index (χ0n) is 15.2. The molecule has 0 saturated heterocycles. The third kappa shape index (κ3) is 3.52. The molecule has 0 atom stereocenters. The van der Waals surface area contributed by atoms with Crippen molar-refractivity contribution in [2.45, 2.75) is 6.54 Å². The van der Waals surface area contributed by atoms with Crippen LogP contribution in [0.25, 0.3) is 22.0 Å². The van der Waals surface area contributed by atoms with E-state index in [4.69, 9.17) is 10.5 Å². The fraction of sp³-hybridized carbons (Fsp3) is 0.143. The number of nitrogens with zero attached hydrogens (tertiary/aromatic N) is 1. The highest BCUT2D eigenvalue weighted by molar-refractivity contribution is 6.36. The van der Waals surface area contributed by atoms with Crippen LogP contribution >= 0.6 is 0 Å². The number of hydrogen-bond acceptors (Lipinski definition) is 4. The van der Waals surface area contributed by atoms with Gasteiger partial charge in [-0.25, -0.2) is 4.39 Å². The Balaban J connectivity index is 2.35. The summed E-state index contributed by atoms with van der Waals surface area (Å²) < 4.78 is 20.8. The van der Waals surface area contributed by atoms with Crippen molar-refractivity contribution < 1.29 is 23.8 Å². The van der Waals surface area contributed by atoms with Crippen molar-refractivity contribution in [3.05, 3.63) is 65.6 Å². The van der Waals surface area contributed by atoms with Gasteiger partial charge in [0.15, 0.2) is 6.29 Å². The van der Waals surface area contributed by atoms with Crippen LogP contribution in [-0.2, 0) is 16.1 Å². The van der Waals surface area contributed by atoms with Gasteiger partial charge in [-0.1, -0.05) is 12.1 Å². The van der Waals surface area contributed by atoms with Crippen molar-refractivity contribution in [3.8, 4) is 5.75 Å². The summed E-state index contributed by atoms with van der Waals surface area (Å²) >= 11 is 0. The highest BCUT2D eigenvalue weighted by Gasteiger charge is 2.22. The number of hydrogen-bond donors (Lipinski definition) is 2. The average Bonchev–Trinajstić information content (AvgIpc) is 3.03. The number of ether oxygens (including phenoxy) is 1. The Morgan fingerprint density at radius 1 is 1.29 bits per heavy atom. The minimum absolute atomic E-state index is 0.0319. The Morgan fingerprint density at radius 3 is 2.71 bits per heavy atom. The van der Waals surface area contributed by atoms with E-state index in [1.807, 2.05) is 0 Å². The number of carbonyl (C=O) groups is 2. The smallest absolute Gasteiger partial charge is 0.250 e. The summed E-state index contributed by atoms with van der Waals surface area (Å²) in [5.41, 5.74) is 7.04. The van der Waals surface area contributed by atoms with E-state index in [9.17, 15) is 19.1 Å². The molecule has 0 unspecified atom stereocenters. The third-order valence-corrected chi connectivity index (χ3v) is 4.47. The lowest BCUT2D eigenvalue weighted by atomic mass is 9.94. The summed E-state index contributed by atoms with van der Waals surface area (Å²) in [6.07, 6.45) is 2.13. The molecule has 0 radical (unpaired) electrons. The summed E-state index contributed by atoms with van der Waals surface area (Å²) in [4.78, 5) is 24.3. The van der Waals surface area contributed by atoms with Gasteiger partial charge >= 0.3 is 0 Å². The van der Waals surface area contributed by atoms with E-state index in [0.29, 0.717) is 34.1 Å². The summed E-state index contributed by atoms with van der Waals surface area (Å²) in [5, 5.41) is 9.73. The molecule has 0 spiro atoms. The van der Waals surface area contributed by atoms with Gasteiger partial charge in [0.2, 0.25) is 5.91 Å². The maximum atomic E-state index is 13.9. The number of aliphatic hydroxyl groups is 1. The number of aliphatic hydroxyl groups excluding tert-OH is 1. The molecule has 0 bridgehead atoms. The van der Waals surface area contributed by atoms with Crippen molar-refractivity contribution in [3.63, 3.8) is 0 Å². The Morgan fingerprint density at radius 2 is 2.07 bits per heavy atom. The second kappa shape index (κ2) is 8.06. The molecule has 0 saturated carbocycles. The molecular weight excluding hydrogens is 363 g/mol. The number of primary amides is 1. The van der Waals surface area contributed by atoms with Gasteiger partial charge in [-0.3, -0.25) is 9.59 Å². The Labute approximate surface area is 160 Å². The zero-order valence-corrected chi connectivity index (χ0v) is 15.2. The number of rotatable bonds is 7. The van der Waals surface area contributed by atoms with Gasteiger partial charge in [-0.15, -0.1) is 0 Å². The summed E-state index contributed by atoms with van der Waals surface area (Å²) in [7, 11) is 1.49. The van der Waals surface area contributed by atoms with Crippen LogP contribution in [-0.4, -0.2) is 35.6 Å². The molecule has 1 aromatic heterocycles. The van der Waals surface area contributed by atoms with Crippen LogP contribution in [0.15, 0.2) is 48.7 Å². The average molecular weight is 382 g/mol. The maximum Gasteiger partial charge on any atom is 0.250 e. The lowest BCUT2D eigenvalue weighted by Crippen LogP contribution is -2.15. The summed E-state index contributed by atoms with van der Waals surface area (Å²) in [6.45, 7) is 0.0936. The number of amides is 1. The molecule has 28 heavy (non-hydrogen) atoms. The number of allylic oxidation sites excluding steroid dienone is 1. The molecule has 1 amide bonds. The first-order valence-corrected chi connectivity index (χ1v) is 8.53. The number of aromatic nitrogens is 1. The fourth-order valence-corrected chi connectivity index (χ4v) is 3.23. The van der Waals surface area contributed by atoms with Gasteiger partial charge in [-0.2, -0.15) is 0 Å². The first kappa shape index (κ1) is 19.3. The van der Waals surface area contributed by atoms with E-state index in [0.717, 1.165) is 0 Å². The van der Waals surface area contributed by atoms with Gasteiger partial charge in [0.1, 0.15) is 11.6 Å². The van der Waals surface area contributed by atoms with Gasteiger partial charge < -0.3 is 20.1 Å². The molecule has 0 aliphatic rings. The molecule has 0 aliphatic carbocycles. The lowest BCUT2D eigenvalue weighted by Gasteiger charge is -2.10. The monoisotopic (exact) mass is 382 g/mol. The van der Waals surface area contributed by atoms with E-state index in [1.54, 1.807) is 41.1 Å². The van der Waals surface area contributed by atoms with Crippen molar-refractivity contribution in [1.82, 2.24) is 4.57 Å². The van der Waals surface area contributed by atoms with E-state index in [2.05, 4.69) is 0 Å². The molecule has 0 aliphatic heterocycles. The van der Waals surface area contributed by atoms with Gasteiger partial charge in [0.25, 0.3) is 0 Å². The molecule has 3 N–H and O–H groups in total. The third-order valence-electron chi connectivity index (χ3n) is 4.47. The highest BCUT2D eigenvalue weighted by Crippen LogP contribution is 2.33. The number of halogens is 1. The van der Waals surface area contributed by atoms with Gasteiger partial charge in [-0.05, 0) is 35.9 Å². The van der Waals surface area contributed by atoms with Crippen molar-refractivity contribution in [2.24, 2.45) is 5.73 Å². The maximum absolute atomic E-state index is 13.9. The van der Waals surface area contributed by atoms with Crippen LogP contribution in [0, 0.1) is 5.82 Å². The summed E-state index contributed by atoms with van der Waals surface area (Å²) in [6, 6.07) is 10.8. The summed E-state index contributed by atoms with van der Waals surface area (Å²) in [5.74, 6) is -0.806. The molecule has 6 nitrogen and oxygen atoms in total.